The van der Waals surface area contributed by atoms with E-state index in [9.17, 15) is 0 Å². The largest absolute Gasteiger partial charge is 0.462 e. The lowest BCUT2D eigenvalue weighted by Crippen LogP contribution is -2.39. The first kappa shape index (κ1) is 10.9. The van der Waals surface area contributed by atoms with Gasteiger partial charge in [-0.3, -0.25) is 0 Å². The van der Waals surface area contributed by atoms with Gasteiger partial charge in [-0.1, -0.05) is 0 Å². The summed E-state index contributed by atoms with van der Waals surface area (Å²) in [6.07, 6.45) is 0. The fourth-order valence-corrected chi connectivity index (χ4v) is 1.01. The second-order valence-corrected chi connectivity index (χ2v) is 4.21. The Hall–Kier alpha value is -1.16. The van der Waals surface area contributed by atoms with Gasteiger partial charge in [0.1, 0.15) is 6.61 Å². The molecule has 0 saturated heterocycles. The van der Waals surface area contributed by atoms with Gasteiger partial charge in [-0.15, -0.1) is 0 Å². The van der Waals surface area contributed by atoms with Gasteiger partial charge in [0.15, 0.2) is 0 Å². The average molecular weight is 195 g/mol. The van der Waals surface area contributed by atoms with Gasteiger partial charge >= 0.3 is 6.01 Å². The maximum Gasteiger partial charge on any atom is 0.316 e. The van der Waals surface area contributed by atoms with Crippen molar-refractivity contribution in [2.45, 2.75) is 33.2 Å². The number of aromatic nitrogens is 2. The topological polar surface area (TPSA) is 61.0 Å². The molecule has 0 radical (unpaired) electrons. The number of nitrogens with zero attached hydrogens (tertiary/aromatic N) is 2. The van der Waals surface area contributed by atoms with Crippen molar-refractivity contribution in [3.8, 4) is 6.01 Å². The van der Waals surface area contributed by atoms with Crippen molar-refractivity contribution in [2.75, 3.05) is 6.61 Å². The Morgan fingerprint density at radius 1 is 1.29 bits per heavy atom. The van der Waals surface area contributed by atoms with Gasteiger partial charge in [0.2, 0.25) is 0 Å². The normalized spacial score (nSPS) is 11.5. The molecular formula is C10H17N3O. The Morgan fingerprint density at radius 2 is 1.79 bits per heavy atom. The molecule has 4 heteroatoms. The molecule has 14 heavy (non-hydrogen) atoms. The van der Waals surface area contributed by atoms with Crippen molar-refractivity contribution in [2.24, 2.45) is 5.73 Å². The van der Waals surface area contributed by atoms with E-state index < -0.39 is 0 Å². The zero-order chi connectivity index (χ0) is 10.8. The summed E-state index contributed by atoms with van der Waals surface area (Å²) in [5.74, 6) is 0. The van der Waals surface area contributed by atoms with Crippen molar-refractivity contribution in [3.63, 3.8) is 0 Å². The summed E-state index contributed by atoms with van der Waals surface area (Å²) in [7, 11) is 0. The van der Waals surface area contributed by atoms with Gasteiger partial charge in [-0.2, -0.15) is 0 Å². The molecule has 1 heterocycles. The minimum absolute atomic E-state index is 0.360. The molecule has 0 fully saturated rings. The highest BCUT2D eigenvalue weighted by Crippen LogP contribution is 2.07. The zero-order valence-electron chi connectivity index (χ0n) is 9.16. The van der Waals surface area contributed by atoms with Crippen LogP contribution in [0.2, 0.25) is 0 Å². The number of aryl methyl sites for hydroxylation is 2. The van der Waals surface area contributed by atoms with E-state index in [1.807, 2.05) is 33.8 Å². The van der Waals surface area contributed by atoms with Gasteiger partial charge < -0.3 is 10.5 Å². The van der Waals surface area contributed by atoms with Gasteiger partial charge in [0, 0.05) is 16.9 Å². The summed E-state index contributed by atoms with van der Waals surface area (Å²) in [4.78, 5) is 8.30. The van der Waals surface area contributed by atoms with Crippen LogP contribution in [-0.4, -0.2) is 22.1 Å². The molecule has 0 amide bonds. The monoisotopic (exact) mass is 195 g/mol. The Kier molecular flexibility index (Phi) is 3.06. The summed E-state index contributed by atoms with van der Waals surface area (Å²) in [5, 5.41) is 0. The number of ether oxygens (including phenoxy) is 1. The van der Waals surface area contributed by atoms with Crippen LogP contribution in [0.5, 0.6) is 6.01 Å². The predicted octanol–water partition coefficient (Wildman–Crippen LogP) is 1.21. The second-order valence-electron chi connectivity index (χ2n) is 4.21. The Balaban J connectivity index is 2.68. The summed E-state index contributed by atoms with van der Waals surface area (Å²) >= 11 is 0. The first-order valence-corrected chi connectivity index (χ1v) is 4.61. The van der Waals surface area contributed by atoms with Crippen LogP contribution in [0.15, 0.2) is 6.07 Å². The summed E-state index contributed by atoms with van der Waals surface area (Å²) in [5.41, 5.74) is 7.23. The minimum atomic E-state index is -0.360. The molecule has 0 bridgehead atoms. The molecule has 1 aromatic rings. The van der Waals surface area contributed by atoms with E-state index >= 15 is 0 Å². The summed E-state index contributed by atoms with van der Waals surface area (Å²) in [6.45, 7) is 8.03. The molecular weight excluding hydrogens is 178 g/mol. The van der Waals surface area contributed by atoms with E-state index in [-0.39, 0.29) is 5.54 Å². The maximum absolute atomic E-state index is 5.78. The van der Waals surface area contributed by atoms with E-state index in [0.29, 0.717) is 12.6 Å². The Morgan fingerprint density at radius 3 is 2.21 bits per heavy atom. The molecule has 4 nitrogen and oxygen atoms in total. The molecule has 78 valence electrons. The molecule has 2 N–H and O–H groups in total. The van der Waals surface area contributed by atoms with Crippen LogP contribution in [0, 0.1) is 13.8 Å². The molecule has 1 aromatic heterocycles. The molecule has 0 unspecified atom stereocenters. The first-order chi connectivity index (χ1) is 6.37. The summed E-state index contributed by atoms with van der Waals surface area (Å²) < 4.78 is 5.38. The lowest BCUT2D eigenvalue weighted by molar-refractivity contribution is 0.225. The van der Waals surface area contributed by atoms with Crippen LogP contribution in [0.3, 0.4) is 0 Å². The average Bonchev–Trinajstić information content (AvgIpc) is 1.97. The van der Waals surface area contributed by atoms with Crippen molar-refractivity contribution in [1.82, 2.24) is 9.97 Å². The summed E-state index contributed by atoms with van der Waals surface area (Å²) in [6, 6.07) is 2.31. The maximum atomic E-state index is 5.78. The van der Waals surface area contributed by atoms with Gasteiger partial charge in [0.05, 0.1) is 0 Å². The van der Waals surface area contributed by atoms with Crippen molar-refractivity contribution < 1.29 is 4.74 Å². The third kappa shape index (κ3) is 3.70. The molecule has 0 spiro atoms. The quantitative estimate of drug-likeness (QED) is 0.787. The van der Waals surface area contributed by atoms with E-state index in [1.54, 1.807) is 0 Å². The zero-order valence-corrected chi connectivity index (χ0v) is 9.16. The fourth-order valence-electron chi connectivity index (χ4n) is 1.01. The van der Waals surface area contributed by atoms with E-state index in [0.717, 1.165) is 11.4 Å². The molecule has 0 aliphatic rings. The SMILES string of the molecule is Cc1cc(C)nc(OCC(C)(C)N)n1. The molecule has 0 aliphatic carbocycles. The molecule has 0 saturated carbocycles. The van der Waals surface area contributed by atoms with Crippen molar-refractivity contribution in [3.05, 3.63) is 17.5 Å². The lowest BCUT2D eigenvalue weighted by atomic mass is 10.1. The third-order valence-corrected chi connectivity index (χ3v) is 1.54. The van der Waals surface area contributed by atoms with E-state index in [4.69, 9.17) is 10.5 Å². The van der Waals surface area contributed by atoms with Crippen LogP contribution in [-0.2, 0) is 0 Å². The predicted molar refractivity (Wildman–Crippen MR) is 55.3 cm³/mol. The third-order valence-electron chi connectivity index (χ3n) is 1.54. The molecule has 0 aliphatic heterocycles. The number of hydrogen-bond donors (Lipinski definition) is 1. The van der Waals surface area contributed by atoms with Crippen LogP contribution in [0.25, 0.3) is 0 Å². The molecule has 0 atom stereocenters. The fraction of sp³-hybridized carbons (Fsp3) is 0.600. The highest BCUT2D eigenvalue weighted by Gasteiger charge is 2.12. The van der Waals surface area contributed by atoms with Crippen molar-refractivity contribution >= 4 is 0 Å². The van der Waals surface area contributed by atoms with E-state index in [1.165, 1.54) is 0 Å². The second kappa shape index (κ2) is 3.92. The minimum Gasteiger partial charge on any atom is -0.462 e. The Bertz CT molecular complexity index is 297. The van der Waals surface area contributed by atoms with Crippen LogP contribution in [0.1, 0.15) is 25.2 Å². The van der Waals surface area contributed by atoms with E-state index in [2.05, 4.69) is 9.97 Å². The lowest BCUT2D eigenvalue weighted by Gasteiger charge is -2.18. The number of hydrogen-bond acceptors (Lipinski definition) is 4. The smallest absolute Gasteiger partial charge is 0.316 e. The van der Waals surface area contributed by atoms with Crippen molar-refractivity contribution in [1.29, 1.82) is 0 Å². The highest BCUT2D eigenvalue weighted by atomic mass is 16.5. The number of nitrogens with two attached hydrogens (primary N) is 1. The van der Waals surface area contributed by atoms with Crippen LogP contribution in [0.4, 0.5) is 0 Å². The molecule has 1 rings (SSSR count). The van der Waals surface area contributed by atoms with Crippen LogP contribution >= 0.6 is 0 Å². The highest BCUT2D eigenvalue weighted by molar-refractivity contribution is 5.11. The van der Waals surface area contributed by atoms with Crippen LogP contribution < -0.4 is 10.5 Å². The first-order valence-electron chi connectivity index (χ1n) is 4.61. The standard InChI is InChI=1S/C10H17N3O/c1-7-5-8(2)13-9(12-7)14-6-10(3,4)11/h5H,6,11H2,1-4H3. The van der Waals surface area contributed by atoms with Gasteiger partial charge in [-0.05, 0) is 33.8 Å². The Labute approximate surface area is 84.5 Å². The van der Waals surface area contributed by atoms with Gasteiger partial charge in [-0.25, -0.2) is 9.97 Å². The van der Waals surface area contributed by atoms with Gasteiger partial charge in [0.25, 0.3) is 0 Å². The number of rotatable bonds is 3. The molecule has 0 aromatic carbocycles.